The second-order valence-corrected chi connectivity index (χ2v) is 2.73. The van der Waals surface area contributed by atoms with Crippen molar-refractivity contribution in [2.75, 3.05) is 19.1 Å². The standard InChI is InChI=1S/C6H12ClNO/c7-5-8-3-1-2-6(9)4-8/h6,9H,1-5H2. The van der Waals surface area contributed by atoms with Crippen LogP contribution in [0.4, 0.5) is 0 Å². The van der Waals surface area contributed by atoms with Gasteiger partial charge >= 0.3 is 0 Å². The number of likely N-dealkylation sites (tertiary alicyclic amines) is 1. The third-order valence-electron chi connectivity index (χ3n) is 1.65. The van der Waals surface area contributed by atoms with Crippen molar-refractivity contribution in [3.63, 3.8) is 0 Å². The van der Waals surface area contributed by atoms with Gasteiger partial charge in [0.1, 0.15) is 0 Å². The Hall–Kier alpha value is 0.210. The van der Waals surface area contributed by atoms with Gasteiger partial charge in [0, 0.05) is 6.54 Å². The van der Waals surface area contributed by atoms with Gasteiger partial charge in [0.05, 0.1) is 12.1 Å². The molecule has 1 atom stereocenters. The predicted octanol–water partition coefficient (Wildman–Crippen LogP) is 0.639. The average molecular weight is 150 g/mol. The summed E-state index contributed by atoms with van der Waals surface area (Å²) in [5.41, 5.74) is 0. The molecule has 0 radical (unpaired) electrons. The molecule has 1 N–H and O–H groups in total. The first-order chi connectivity index (χ1) is 4.33. The number of aliphatic hydroxyl groups excluding tert-OH is 1. The lowest BCUT2D eigenvalue weighted by Gasteiger charge is -2.27. The average Bonchev–Trinajstić information content (AvgIpc) is 1.88. The van der Waals surface area contributed by atoms with Crippen LogP contribution >= 0.6 is 11.6 Å². The highest BCUT2D eigenvalue weighted by Gasteiger charge is 2.15. The molecule has 1 saturated heterocycles. The molecule has 2 nitrogen and oxygen atoms in total. The maximum absolute atomic E-state index is 9.11. The highest BCUT2D eigenvalue weighted by atomic mass is 35.5. The molecular formula is C6H12ClNO. The van der Waals surface area contributed by atoms with Crippen LogP contribution in [0.15, 0.2) is 0 Å². The van der Waals surface area contributed by atoms with Crippen molar-refractivity contribution in [3.8, 4) is 0 Å². The van der Waals surface area contributed by atoms with E-state index in [4.69, 9.17) is 16.7 Å². The van der Waals surface area contributed by atoms with Gasteiger partial charge in [-0.2, -0.15) is 0 Å². The first kappa shape index (κ1) is 7.32. The molecule has 1 rings (SSSR count). The molecule has 1 aliphatic heterocycles. The molecular weight excluding hydrogens is 138 g/mol. The number of halogens is 1. The molecule has 1 unspecified atom stereocenters. The van der Waals surface area contributed by atoms with Crippen LogP contribution in [-0.4, -0.2) is 35.2 Å². The number of rotatable bonds is 1. The van der Waals surface area contributed by atoms with Crippen molar-refractivity contribution >= 4 is 11.6 Å². The second kappa shape index (κ2) is 3.40. The van der Waals surface area contributed by atoms with E-state index in [-0.39, 0.29) is 6.10 Å². The van der Waals surface area contributed by atoms with Crippen LogP contribution in [0.2, 0.25) is 0 Å². The number of β-amino-alcohol motifs (C(OH)–C–C–N with tert-alkyl or cyclic N) is 1. The van der Waals surface area contributed by atoms with Gasteiger partial charge in [0.15, 0.2) is 0 Å². The van der Waals surface area contributed by atoms with E-state index in [1.165, 1.54) is 0 Å². The monoisotopic (exact) mass is 149 g/mol. The number of alkyl halides is 1. The minimum Gasteiger partial charge on any atom is -0.392 e. The van der Waals surface area contributed by atoms with E-state index < -0.39 is 0 Å². The lowest BCUT2D eigenvalue weighted by atomic mass is 10.1. The van der Waals surface area contributed by atoms with Crippen molar-refractivity contribution in [1.82, 2.24) is 4.90 Å². The van der Waals surface area contributed by atoms with Crippen LogP contribution in [0.1, 0.15) is 12.8 Å². The molecule has 1 fully saturated rings. The van der Waals surface area contributed by atoms with Crippen LogP contribution < -0.4 is 0 Å². The normalized spacial score (nSPS) is 30.7. The fourth-order valence-electron chi connectivity index (χ4n) is 1.14. The van der Waals surface area contributed by atoms with Crippen LogP contribution in [0.5, 0.6) is 0 Å². The number of nitrogens with zero attached hydrogens (tertiary/aromatic N) is 1. The Bertz CT molecular complexity index is 89.1. The predicted molar refractivity (Wildman–Crippen MR) is 37.5 cm³/mol. The fraction of sp³-hybridized carbons (Fsp3) is 1.00. The maximum atomic E-state index is 9.11. The molecule has 0 spiro atoms. The van der Waals surface area contributed by atoms with Crippen molar-refractivity contribution in [2.24, 2.45) is 0 Å². The van der Waals surface area contributed by atoms with E-state index in [0.717, 1.165) is 25.9 Å². The topological polar surface area (TPSA) is 23.5 Å². The van der Waals surface area contributed by atoms with Gasteiger partial charge in [-0.05, 0) is 19.4 Å². The molecule has 9 heavy (non-hydrogen) atoms. The molecule has 0 bridgehead atoms. The van der Waals surface area contributed by atoms with Crippen LogP contribution in [0, 0.1) is 0 Å². The molecule has 0 aromatic heterocycles. The SMILES string of the molecule is OC1CCCN(CCl)C1. The third kappa shape index (κ3) is 2.12. The molecule has 3 heteroatoms. The third-order valence-corrected chi connectivity index (χ3v) is 1.99. The van der Waals surface area contributed by atoms with Gasteiger partial charge in [-0.3, -0.25) is 4.90 Å². The van der Waals surface area contributed by atoms with Crippen LogP contribution in [0.25, 0.3) is 0 Å². The van der Waals surface area contributed by atoms with Gasteiger partial charge in [-0.1, -0.05) is 0 Å². The molecule has 0 aromatic carbocycles. The van der Waals surface area contributed by atoms with E-state index in [1.54, 1.807) is 0 Å². The van der Waals surface area contributed by atoms with Crippen molar-refractivity contribution in [1.29, 1.82) is 0 Å². The highest BCUT2D eigenvalue weighted by Crippen LogP contribution is 2.09. The number of aliphatic hydroxyl groups is 1. The zero-order valence-electron chi connectivity index (χ0n) is 5.39. The highest BCUT2D eigenvalue weighted by molar-refractivity contribution is 6.17. The van der Waals surface area contributed by atoms with Crippen molar-refractivity contribution < 1.29 is 5.11 Å². The summed E-state index contributed by atoms with van der Waals surface area (Å²) in [6, 6.07) is 0.553. The summed E-state index contributed by atoms with van der Waals surface area (Å²) in [5.74, 6) is 0. The van der Waals surface area contributed by atoms with Gasteiger partial charge in [0.2, 0.25) is 0 Å². The van der Waals surface area contributed by atoms with Gasteiger partial charge in [-0.15, -0.1) is 11.6 Å². The summed E-state index contributed by atoms with van der Waals surface area (Å²) in [5, 5.41) is 9.11. The second-order valence-electron chi connectivity index (χ2n) is 2.49. The van der Waals surface area contributed by atoms with Crippen molar-refractivity contribution in [3.05, 3.63) is 0 Å². The Morgan fingerprint density at radius 2 is 2.44 bits per heavy atom. The van der Waals surface area contributed by atoms with Crippen LogP contribution in [-0.2, 0) is 0 Å². The Morgan fingerprint density at radius 3 is 2.89 bits per heavy atom. The zero-order chi connectivity index (χ0) is 6.69. The largest absolute Gasteiger partial charge is 0.392 e. The summed E-state index contributed by atoms with van der Waals surface area (Å²) in [7, 11) is 0. The van der Waals surface area contributed by atoms with E-state index in [9.17, 15) is 0 Å². The summed E-state index contributed by atoms with van der Waals surface area (Å²) >= 11 is 5.56. The quantitative estimate of drug-likeness (QED) is 0.437. The molecule has 54 valence electrons. The maximum Gasteiger partial charge on any atom is 0.0739 e. The van der Waals surface area contributed by atoms with Crippen molar-refractivity contribution in [2.45, 2.75) is 18.9 Å². The lowest BCUT2D eigenvalue weighted by Crippen LogP contribution is -2.37. The summed E-state index contributed by atoms with van der Waals surface area (Å²) in [4.78, 5) is 2.05. The molecule has 0 saturated carbocycles. The zero-order valence-corrected chi connectivity index (χ0v) is 6.14. The van der Waals surface area contributed by atoms with E-state index in [1.807, 2.05) is 0 Å². The van der Waals surface area contributed by atoms with Gasteiger partial charge in [-0.25, -0.2) is 0 Å². The molecule has 0 amide bonds. The smallest absolute Gasteiger partial charge is 0.0739 e. The minimum absolute atomic E-state index is 0.141. The first-order valence-electron chi connectivity index (χ1n) is 3.29. The summed E-state index contributed by atoms with van der Waals surface area (Å²) in [6.45, 7) is 1.80. The molecule has 1 aliphatic rings. The van der Waals surface area contributed by atoms with Gasteiger partial charge in [0.25, 0.3) is 0 Å². The Kier molecular flexibility index (Phi) is 2.76. The Labute approximate surface area is 60.4 Å². The number of hydrogen-bond donors (Lipinski definition) is 1. The molecule has 0 aliphatic carbocycles. The lowest BCUT2D eigenvalue weighted by molar-refractivity contribution is 0.0806. The number of hydrogen-bond acceptors (Lipinski definition) is 2. The molecule has 1 heterocycles. The number of piperidine rings is 1. The Balaban J connectivity index is 2.23. The Morgan fingerprint density at radius 1 is 1.67 bits per heavy atom. The van der Waals surface area contributed by atoms with E-state index in [0.29, 0.717) is 6.00 Å². The summed E-state index contributed by atoms with van der Waals surface area (Å²) < 4.78 is 0. The minimum atomic E-state index is -0.141. The fourth-order valence-corrected chi connectivity index (χ4v) is 1.36. The van der Waals surface area contributed by atoms with Crippen LogP contribution in [0.3, 0.4) is 0 Å². The molecule has 0 aromatic rings. The van der Waals surface area contributed by atoms with E-state index in [2.05, 4.69) is 4.90 Å². The van der Waals surface area contributed by atoms with Gasteiger partial charge < -0.3 is 5.11 Å². The summed E-state index contributed by atoms with van der Waals surface area (Å²) in [6.07, 6.45) is 1.87. The van der Waals surface area contributed by atoms with E-state index >= 15 is 0 Å². The first-order valence-corrected chi connectivity index (χ1v) is 3.83.